The number of aromatic amines is 1. The van der Waals surface area contributed by atoms with Crippen LogP contribution in [-0.4, -0.2) is 35.8 Å². The van der Waals surface area contributed by atoms with Crippen LogP contribution in [0, 0.1) is 0 Å². The van der Waals surface area contributed by atoms with Crippen molar-refractivity contribution in [3.8, 4) is 23.1 Å². The fourth-order valence-corrected chi connectivity index (χ4v) is 2.15. The summed E-state index contributed by atoms with van der Waals surface area (Å²) in [6, 6.07) is 2.95. The zero-order chi connectivity index (χ0) is 19.3. The summed E-state index contributed by atoms with van der Waals surface area (Å²) in [6.45, 7) is 2.72. The normalized spacial score (nSPS) is 10.6. The van der Waals surface area contributed by atoms with E-state index in [2.05, 4.69) is 9.97 Å². The molecule has 0 unspecified atom stereocenters. The van der Waals surface area contributed by atoms with Gasteiger partial charge in [0, 0.05) is 6.07 Å². The minimum atomic E-state index is -0.489. The Hall–Kier alpha value is -3.42. The first-order chi connectivity index (χ1) is 12.4. The quantitative estimate of drug-likeness (QED) is 0.598. The highest BCUT2D eigenvalue weighted by molar-refractivity contribution is 5.98. The van der Waals surface area contributed by atoms with Crippen LogP contribution in [0.5, 0.6) is 23.1 Å². The van der Waals surface area contributed by atoms with Crippen molar-refractivity contribution in [3.63, 3.8) is 0 Å². The van der Waals surface area contributed by atoms with Crippen LogP contribution >= 0.6 is 0 Å². The number of carbonyl (C=O) groups excluding carboxylic acids is 2. The van der Waals surface area contributed by atoms with E-state index < -0.39 is 5.56 Å². The van der Waals surface area contributed by atoms with Gasteiger partial charge in [0.15, 0.2) is 23.1 Å². The van der Waals surface area contributed by atoms with Gasteiger partial charge in [0.2, 0.25) is 5.88 Å². The van der Waals surface area contributed by atoms with Crippen LogP contribution in [-0.2, 0) is 4.79 Å². The Kier molecular flexibility index (Phi) is 5.90. The molecule has 0 aliphatic carbocycles. The van der Waals surface area contributed by atoms with Crippen LogP contribution in [0.1, 0.15) is 29.8 Å². The number of aromatic nitrogens is 2. The molecule has 0 bridgehead atoms. The Morgan fingerprint density at radius 2 is 1.73 bits per heavy atom. The van der Waals surface area contributed by atoms with Crippen molar-refractivity contribution in [2.45, 2.75) is 13.8 Å². The van der Waals surface area contributed by atoms with E-state index in [1.807, 2.05) is 0 Å². The van der Waals surface area contributed by atoms with Crippen LogP contribution in [0.3, 0.4) is 0 Å². The van der Waals surface area contributed by atoms with Gasteiger partial charge in [-0.1, -0.05) is 0 Å². The van der Waals surface area contributed by atoms with Crippen molar-refractivity contribution in [2.24, 2.45) is 0 Å². The van der Waals surface area contributed by atoms with E-state index >= 15 is 0 Å². The third-order valence-corrected chi connectivity index (χ3v) is 3.41. The number of hydrogen-bond donors (Lipinski definition) is 1. The first-order valence-corrected chi connectivity index (χ1v) is 7.58. The maximum absolute atomic E-state index is 12.0. The number of benzene rings is 1. The summed E-state index contributed by atoms with van der Waals surface area (Å²) in [5.74, 6) is 0.284. The predicted octanol–water partition coefficient (Wildman–Crippen LogP) is 2.38. The van der Waals surface area contributed by atoms with Crippen molar-refractivity contribution in [2.75, 3.05) is 14.2 Å². The van der Waals surface area contributed by atoms with Crippen molar-refractivity contribution in [3.05, 3.63) is 46.0 Å². The number of ketones is 2. The fraction of sp³-hybridized carbons (Fsp3) is 0.222. The van der Waals surface area contributed by atoms with Crippen molar-refractivity contribution < 1.29 is 23.8 Å². The molecule has 0 spiro atoms. The lowest BCUT2D eigenvalue weighted by molar-refractivity contribution is -0.112. The molecule has 0 aliphatic heterocycles. The molecule has 26 heavy (non-hydrogen) atoms. The first kappa shape index (κ1) is 18.9. The number of ether oxygens (including phenoxy) is 3. The number of Topliss-reactive ketones (excluding diaryl/α,β-unsaturated/α-hetero) is 1. The number of carbonyl (C=O) groups is 2. The molecule has 1 aromatic heterocycles. The molecule has 0 radical (unpaired) electrons. The highest BCUT2D eigenvalue weighted by atomic mass is 16.5. The number of nitrogens with one attached hydrogen (secondary N) is 1. The predicted molar refractivity (Wildman–Crippen MR) is 94.2 cm³/mol. The molecule has 136 valence electrons. The van der Waals surface area contributed by atoms with Gasteiger partial charge in [-0.15, -0.1) is 0 Å². The van der Waals surface area contributed by atoms with Gasteiger partial charge in [-0.2, -0.15) is 0 Å². The third kappa shape index (κ3) is 4.15. The van der Waals surface area contributed by atoms with Gasteiger partial charge in [-0.3, -0.25) is 14.4 Å². The average Bonchev–Trinajstić information content (AvgIpc) is 2.60. The van der Waals surface area contributed by atoms with E-state index in [0.29, 0.717) is 11.5 Å². The zero-order valence-corrected chi connectivity index (χ0v) is 14.8. The highest BCUT2D eigenvalue weighted by Crippen LogP contribution is 2.37. The number of methoxy groups -OCH3 is 2. The van der Waals surface area contributed by atoms with Crippen LogP contribution in [0.2, 0.25) is 0 Å². The monoisotopic (exact) mass is 358 g/mol. The SMILES string of the molecule is COc1cc(Oc2nc[nH]c(=O)c2/C=C/C(C)=O)c(C(C)=O)cc1OC. The summed E-state index contributed by atoms with van der Waals surface area (Å²) in [4.78, 5) is 41.6. The van der Waals surface area contributed by atoms with Gasteiger partial charge in [-0.25, -0.2) is 4.98 Å². The smallest absolute Gasteiger partial charge is 0.261 e. The minimum Gasteiger partial charge on any atom is -0.493 e. The fourth-order valence-electron chi connectivity index (χ4n) is 2.15. The van der Waals surface area contributed by atoms with Crippen LogP contribution in [0.25, 0.3) is 6.08 Å². The topological polar surface area (TPSA) is 108 Å². The summed E-state index contributed by atoms with van der Waals surface area (Å²) in [5, 5.41) is 0. The lowest BCUT2D eigenvalue weighted by Crippen LogP contribution is -2.12. The van der Waals surface area contributed by atoms with Crippen molar-refractivity contribution >= 4 is 17.6 Å². The minimum absolute atomic E-state index is 0.0481. The Balaban J connectivity index is 2.58. The van der Waals surface area contributed by atoms with Gasteiger partial charge < -0.3 is 19.2 Å². The third-order valence-electron chi connectivity index (χ3n) is 3.41. The second-order valence-electron chi connectivity index (χ2n) is 5.26. The molecule has 1 heterocycles. The Morgan fingerprint density at radius 3 is 2.31 bits per heavy atom. The molecule has 0 amide bonds. The van der Waals surface area contributed by atoms with Crippen molar-refractivity contribution in [1.29, 1.82) is 0 Å². The molecule has 0 saturated heterocycles. The van der Waals surface area contributed by atoms with E-state index in [1.165, 1.54) is 52.4 Å². The van der Waals surface area contributed by atoms with E-state index in [9.17, 15) is 14.4 Å². The van der Waals surface area contributed by atoms with Crippen LogP contribution in [0.4, 0.5) is 0 Å². The summed E-state index contributed by atoms with van der Waals surface area (Å²) in [7, 11) is 2.90. The van der Waals surface area contributed by atoms with Crippen molar-refractivity contribution in [1.82, 2.24) is 9.97 Å². The average molecular weight is 358 g/mol. The highest BCUT2D eigenvalue weighted by Gasteiger charge is 2.18. The number of rotatable bonds is 7. The summed E-state index contributed by atoms with van der Waals surface area (Å²) >= 11 is 0. The van der Waals surface area contributed by atoms with Gasteiger partial charge in [0.05, 0.1) is 26.1 Å². The van der Waals surface area contributed by atoms with Gasteiger partial charge in [0.1, 0.15) is 11.3 Å². The van der Waals surface area contributed by atoms with E-state index in [-0.39, 0.29) is 34.3 Å². The van der Waals surface area contributed by atoms with Gasteiger partial charge in [0.25, 0.3) is 5.56 Å². The number of hydrogen-bond acceptors (Lipinski definition) is 7. The first-order valence-electron chi connectivity index (χ1n) is 7.58. The molecule has 0 atom stereocenters. The largest absolute Gasteiger partial charge is 0.493 e. The molecule has 0 aliphatic rings. The van der Waals surface area contributed by atoms with Crippen LogP contribution < -0.4 is 19.8 Å². The summed E-state index contributed by atoms with van der Waals surface area (Å²) in [6.07, 6.45) is 3.69. The van der Waals surface area contributed by atoms with E-state index in [0.717, 1.165) is 6.33 Å². The Labute approximate surface area is 149 Å². The standard InChI is InChI=1S/C18H18N2O6/c1-10(21)5-6-12-17(23)19-9-20-18(12)26-14-8-16(25-4)15(24-3)7-13(14)11(2)22/h5-9H,1-4H3,(H,19,20,23)/b6-5+. The van der Waals surface area contributed by atoms with Crippen LogP contribution in [0.15, 0.2) is 29.3 Å². The second kappa shape index (κ2) is 8.11. The lowest BCUT2D eigenvalue weighted by Gasteiger charge is -2.14. The number of H-pyrrole nitrogens is 1. The Morgan fingerprint density at radius 1 is 1.08 bits per heavy atom. The molecule has 2 aromatic rings. The molecule has 8 nitrogen and oxygen atoms in total. The number of nitrogens with zero attached hydrogens (tertiary/aromatic N) is 1. The zero-order valence-electron chi connectivity index (χ0n) is 14.8. The molecule has 8 heteroatoms. The number of allylic oxidation sites excluding steroid dienone is 1. The molecule has 1 N–H and O–H groups in total. The summed E-state index contributed by atoms with van der Waals surface area (Å²) in [5.41, 5.74) is -0.212. The molecule has 0 saturated carbocycles. The second-order valence-corrected chi connectivity index (χ2v) is 5.26. The maximum atomic E-state index is 12.0. The maximum Gasteiger partial charge on any atom is 0.261 e. The lowest BCUT2D eigenvalue weighted by atomic mass is 10.1. The molecular weight excluding hydrogens is 340 g/mol. The van der Waals surface area contributed by atoms with Gasteiger partial charge in [-0.05, 0) is 32.1 Å². The van der Waals surface area contributed by atoms with E-state index in [1.54, 1.807) is 0 Å². The Bertz CT molecular complexity index is 930. The summed E-state index contributed by atoms with van der Waals surface area (Å²) < 4.78 is 16.1. The van der Waals surface area contributed by atoms with E-state index in [4.69, 9.17) is 14.2 Å². The molecule has 1 aromatic carbocycles. The molecule has 2 rings (SSSR count). The molecule has 0 fully saturated rings. The van der Waals surface area contributed by atoms with Gasteiger partial charge >= 0.3 is 0 Å². The molecular formula is C18H18N2O6.